The molecule has 0 bridgehead atoms. The van der Waals surface area contributed by atoms with Crippen LogP contribution >= 0.6 is 0 Å². The van der Waals surface area contributed by atoms with Crippen LogP contribution in [0.2, 0.25) is 0 Å². The third-order valence-electron chi connectivity index (χ3n) is 10.4. The predicted octanol–water partition coefficient (Wildman–Crippen LogP) is 11.4. The van der Waals surface area contributed by atoms with Crippen LogP contribution in [-0.2, 0) is 0 Å². The Morgan fingerprint density at radius 3 is 1.59 bits per heavy atom. The van der Waals surface area contributed by atoms with Crippen LogP contribution in [0.25, 0.3) is 72.0 Å². The van der Waals surface area contributed by atoms with Gasteiger partial charge in [-0.2, -0.15) is 0 Å². The fourth-order valence-electron chi connectivity index (χ4n) is 8.49. The Balaban J connectivity index is 1.31. The van der Waals surface area contributed by atoms with Gasteiger partial charge < -0.3 is 13.7 Å². The van der Waals surface area contributed by atoms with E-state index in [2.05, 4.69) is 166 Å². The lowest BCUT2D eigenvalue weighted by Crippen LogP contribution is -2.18. The van der Waals surface area contributed by atoms with Crippen molar-refractivity contribution in [2.24, 2.45) is 0 Å². The molecule has 0 radical (unpaired) electrons. The van der Waals surface area contributed by atoms with Gasteiger partial charge in [-0.05, 0) is 48.9 Å². The van der Waals surface area contributed by atoms with E-state index in [1.165, 1.54) is 77.2 Å². The van der Waals surface area contributed by atoms with Gasteiger partial charge in [0.25, 0.3) is 0 Å². The second-order valence-electron chi connectivity index (χ2n) is 13.0. The summed E-state index contributed by atoms with van der Waals surface area (Å²) in [6, 6.07) is 44.6. The van der Waals surface area contributed by atoms with Crippen LogP contribution < -0.4 is 0 Å². The summed E-state index contributed by atoms with van der Waals surface area (Å²) < 4.78 is 7.69. The largest absolute Gasteiger partial charge is 0.336 e. The number of fused-ring (bicyclic) bond motifs is 9. The number of benzene rings is 5. The lowest BCUT2D eigenvalue weighted by atomic mass is 9.92. The smallest absolute Gasteiger partial charge is 0.0597 e. The number of nitrogens with zero attached hydrogens (tertiary/aromatic N) is 3. The summed E-state index contributed by atoms with van der Waals surface area (Å²) in [7, 11) is 0. The van der Waals surface area contributed by atoms with Crippen molar-refractivity contribution in [1.82, 2.24) is 13.7 Å². The third kappa shape index (κ3) is 3.54. The highest BCUT2D eigenvalue weighted by atomic mass is 15.1. The van der Waals surface area contributed by atoms with Gasteiger partial charge >= 0.3 is 0 Å². The van der Waals surface area contributed by atoms with Crippen molar-refractivity contribution >= 4 is 72.0 Å². The van der Waals surface area contributed by atoms with Gasteiger partial charge in [-0.3, -0.25) is 0 Å². The quantitative estimate of drug-likeness (QED) is 0.194. The van der Waals surface area contributed by atoms with Crippen LogP contribution in [0.1, 0.15) is 43.0 Å². The van der Waals surface area contributed by atoms with Gasteiger partial charge in [0, 0.05) is 67.4 Å². The minimum atomic E-state index is 0.137. The monoisotopic (exact) mass is 591 g/mol. The van der Waals surface area contributed by atoms with Crippen molar-refractivity contribution in [3.8, 4) is 0 Å². The predicted molar refractivity (Wildman–Crippen MR) is 195 cm³/mol. The molecule has 0 aliphatic heterocycles. The molecule has 2 unspecified atom stereocenters. The van der Waals surface area contributed by atoms with Gasteiger partial charge in [0.15, 0.2) is 0 Å². The van der Waals surface area contributed by atoms with Gasteiger partial charge in [0.2, 0.25) is 0 Å². The molecule has 3 nitrogen and oxygen atoms in total. The summed E-state index contributed by atoms with van der Waals surface area (Å²) in [5, 5.41) is 6.52. The summed E-state index contributed by atoms with van der Waals surface area (Å²) in [6.07, 6.45) is 11.7. The highest BCUT2D eigenvalue weighted by Crippen LogP contribution is 2.45. The van der Waals surface area contributed by atoms with E-state index in [1.807, 2.05) is 0 Å². The lowest BCUT2D eigenvalue weighted by Gasteiger charge is -2.30. The number of para-hydroxylation sites is 5. The second kappa shape index (κ2) is 9.73. The Hall–Kier alpha value is -5.54. The van der Waals surface area contributed by atoms with E-state index in [0.717, 1.165) is 12.8 Å². The Labute approximate surface area is 267 Å². The average Bonchev–Trinajstić information content (AvgIpc) is 3.75. The number of hydrogen-bond donors (Lipinski definition) is 0. The molecule has 220 valence electrons. The Morgan fingerprint density at radius 2 is 1.02 bits per heavy atom. The van der Waals surface area contributed by atoms with Crippen molar-refractivity contribution in [3.05, 3.63) is 151 Å². The first kappa shape index (κ1) is 25.8. The topological polar surface area (TPSA) is 14.8 Å². The highest BCUT2D eigenvalue weighted by molar-refractivity contribution is 6.12. The first-order valence-electron chi connectivity index (χ1n) is 16.4. The van der Waals surface area contributed by atoms with Crippen LogP contribution in [0, 0.1) is 0 Å². The van der Waals surface area contributed by atoms with Crippen molar-refractivity contribution < 1.29 is 0 Å². The molecule has 3 heteroatoms. The van der Waals surface area contributed by atoms with Crippen molar-refractivity contribution in [1.29, 1.82) is 0 Å². The van der Waals surface area contributed by atoms with Gasteiger partial charge in [0.1, 0.15) is 0 Å². The molecule has 3 heterocycles. The van der Waals surface area contributed by atoms with E-state index in [1.54, 1.807) is 0 Å². The van der Waals surface area contributed by atoms with E-state index < -0.39 is 0 Å². The molecule has 0 fully saturated rings. The van der Waals surface area contributed by atoms with E-state index >= 15 is 0 Å². The number of allylic oxidation sites excluding steroid dienone is 5. The zero-order valence-electron chi connectivity index (χ0n) is 25.8. The van der Waals surface area contributed by atoms with E-state index in [4.69, 9.17) is 0 Å². The molecule has 2 atom stereocenters. The molecular weight excluding hydrogens is 558 g/mol. The standard InChI is InChI=1S/C43H33N3/c1-28-13-12-19-37-36-18-6-11-24-42(36)46(43(28)37)31-26-29(44-38-20-7-2-14-32(38)33-15-3-8-21-39(33)44)25-30(27-31)45-40-22-9-4-16-34(40)35-17-5-10-23-41(35)45/h2-12,14-26,28,31H,13,27H2,1H3. The highest BCUT2D eigenvalue weighted by Gasteiger charge is 2.30. The van der Waals surface area contributed by atoms with E-state index in [9.17, 15) is 0 Å². The fraction of sp³-hybridized carbons (Fsp3) is 0.116. The molecule has 3 aromatic heterocycles. The normalized spacial score (nSPS) is 18.1. The maximum atomic E-state index is 2.67. The lowest BCUT2D eigenvalue weighted by molar-refractivity contribution is 0.570. The Bertz CT molecular complexity index is 2510. The zero-order valence-corrected chi connectivity index (χ0v) is 25.8. The summed E-state index contributed by atoms with van der Waals surface area (Å²) >= 11 is 0. The maximum absolute atomic E-state index is 2.67. The summed E-state index contributed by atoms with van der Waals surface area (Å²) in [5.74, 6) is 0.445. The van der Waals surface area contributed by atoms with Gasteiger partial charge in [0.05, 0.1) is 28.1 Å². The zero-order chi connectivity index (χ0) is 30.4. The van der Waals surface area contributed by atoms with E-state index in [0.29, 0.717) is 5.92 Å². The van der Waals surface area contributed by atoms with Crippen LogP contribution in [0.5, 0.6) is 0 Å². The minimum Gasteiger partial charge on any atom is -0.336 e. The number of rotatable bonds is 3. The van der Waals surface area contributed by atoms with Crippen LogP contribution in [-0.4, -0.2) is 13.7 Å². The van der Waals surface area contributed by atoms with E-state index in [-0.39, 0.29) is 6.04 Å². The molecular formula is C43H33N3. The molecule has 46 heavy (non-hydrogen) atoms. The van der Waals surface area contributed by atoms with Gasteiger partial charge in [-0.15, -0.1) is 0 Å². The third-order valence-corrected chi connectivity index (χ3v) is 10.4. The second-order valence-corrected chi connectivity index (χ2v) is 13.0. The average molecular weight is 592 g/mol. The molecule has 0 saturated carbocycles. The molecule has 0 amide bonds. The van der Waals surface area contributed by atoms with Crippen molar-refractivity contribution in [2.75, 3.05) is 0 Å². The Kier molecular flexibility index (Phi) is 5.45. The molecule has 5 aromatic carbocycles. The summed E-state index contributed by atoms with van der Waals surface area (Å²) in [5.41, 5.74) is 11.7. The van der Waals surface area contributed by atoms with Crippen molar-refractivity contribution in [3.63, 3.8) is 0 Å². The van der Waals surface area contributed by atoms with Crippen LogP contribution in [0.15, 0.2) is 140 Å². The van der Waals surface area contributed by atoms with Gasteiger partial charge in [-0.25, -0.2) is 0 Å². The van der Waals surface area contributed by atoms with Gasteiger partial charge in [-0.1, -0.05) is 110 Å². The molecule has 8 aromatic rings. The number of aromatic nitrogens is 3. The first-order chi connectivity index (χ1) is 22.8. The minimum absolute atomic E-state index is 0.137. The first-order valence-corrected chi connectivity index (χ1v) is 16.4. The molecule has 0 N–H and O–H groups in total. The van der Waals surface area contributed by atoms with Crippen LogP contribution in [0.4, 0.5) is 0 Å². The number of hydrogen-bond acceptors (Lipinski definition) is 0. The molecule has 2 aliphatic rings. The Morgan fingerprint density at radius 1 is 0.543 bits per heavy atom. The summed E-state index contributed by atoms with van der Waals surface area (Å²) in [6.45, 7) is 2.39. The SMILES string of the molecule is CC1CC=Cc2c1n(C1C=C(n3c4ccccc4c4ccccc43)C=C(n3c4ccccc4c4ccccc43)C1)c1ccccc21. The summed E-state index contributed by atoms with van der Waals surface area (Å²) in [4.78, 5) is 0. The molecule has 0 saturated heterocycles. The molecule has 2 aliphatic carbocycles. The maximum Gasteiger partial charge on any atom is 0.0597 e. The van der Waals surface area contributed by atoms with Crippen molar-refractivity contribution in [2.45, 2.75) is 31.7 Å². The molecule has 0 spiro atoms. The fourth-order valence-corrected chi connectivity index (χ4v) is 8.49. The molecule has 10 rings (SSSR count). The van der Waals surface area contributed by atoms with Crippen LogP contribution in [0.3, 0.4) is 0 Å².